The number of pyridine rings is 1. The van der Waals surface area contributed by atoms with Crippen molar-refractivity contribution in [2.24, 2.45) is 0 Å². The first-order valence-corrected chi connectivity index (χ1v) is 7.49. The first-order valence-electron chi connectivity index (χ1n) is 7.49. The second kappa shape index (κ2) is 6.43. The minimum absolute atomic E-state index is 0.267. The van der Waals surface area contributed by atoms with Crippen LogP contribution in [0.5, 0.6) is 0 Å². The first kappa shape index (κ1) is 15.0. The van der Waals surface area contributed by atoms with Crippen molar-refractivity contribution in [2.45, 2.75) is 26.3 Å². The van der Waals surface area contributed by atoms with Gasteiger partial charge in [0.1, 0.15) is 12.2 Å². The van der Waals surface area contributed by atoms with E-state index in [1.807, 2.05) is 44.2 Å². The van der Waals surface area contributed by atoms with Crippen LogP contribution in [0.25, 0.3) is 10.9 Å². The number of para-hydroxylation sites is 1. The Labute approximate surface area is 133 Å². The van der Waals surface area contributed by atoms with Crippen molar-refractivity contribution >= 4 is 22.6 Å². The summed E-state index contributed by atoms with van der Waals surface area (Å²) in [5.74, 6) is 0.606. The third-order valence-corrected chi connectivity index (χ3v) is 3.57. The van der Waals surface area contributed by atoms with Crippen molar-refractivity contribution in [3.63, 3.8) is 0 Å². The van der Waals surface area contributed by atoms with E-state index >= 15 is 0 Å². The molecule has 0 aliphatic rings. The summed E-state index contributed by atoms with van der Waals surface area (Å²) >= 11 is 0. The fraction of sp³-hybridized carbons (Fsp3) is 0.250. The Hall–Kier alpha value is -2.96. The van der Waals surface area contributed by atoms with Crippen molar-refractivity contribution in [3.8, 4) is 0 Å². The topological polar surface area (TPSA) is 95.6 Å². The molecule has 0 saturated carbocycles. The molecule has 3 rings (SSSR count). The second-order valence-corrected chi connectivity index (χ2v) is 5.22. The summed E-state index contributed by atoms with van der Waals surface area (Å²) in [5.41, 5.74) is 2.54. The molecule has 3 N–H and O–H groups in total. The molecule has 2 aromatic heterocycles. The molecule has 0 aliphatic carbocycles. The van der Waals surface area contributed by atoms with Gasteiger partial charge in [-0.3, -0.25) is 10.1 Å². The zero-order valence-corrected chi connectivity index (χ0v) is 13.0. The van der Waals surface area contributed by atoms with Crippen LogP contribution in [0.1, 0.15) is 31.4 Å². The van der Waals surface area contributed by atoms with E-state index in [0.717, 1.165) is 28.7 Å². The maximum atomic E-state index is 12.3. The number of amides is 2. The maximum Gasteiger partial charge on any atom is 0.319 e. The van der Waals surface area contributed by atoms with Gasteiger partial charge in [-0.25, -0.2) is 9.78 Å². The normalized spacial score (nSPS) is 12.1. The highest BCUT2D eigenvalue weighted by atomic mass is 16.2. The zero-order valence-electron chi connectivity index (χ0n) is 13.0. The van der Waals surface area contributed by atoms with Crippen LogP contribution >= 0.6 is 0 Å². The van der Waals surface area contributed by atoms with E-state index in [2.05, 4.69) is 30.8 Å². The van der Waals surface area contributed by atoms with Crippen LogP contribution in [0.4, 0.5) is 10.5 Å². The van der Waals surface area contributed by atoms with Gasteiger partial charge in [0.05, 0.1) is 17.2 Å². The third-order valence-electron chi connectivity index (χ3n) is 3.57. The Morgan fingerprint density at radius 1 is 1.35 bits per heavy atom. The van der Waals surface area contributed by atoms with Crippen molar-refractivity contribution < 1.29 is 4.79 Å². The standard InChI is InChI=1S/C16H18N6O/c1-3-11-8-14(12-6-4-5-7-13(12)20-11)21-16(23)19-10(2)15-17-9-18-22-15/h4-10H,3H2,1-2H3,(H,17,18,22)(H2,19,20,21,23). The van der Waals surface area contributed by atoms with E-state index in [9.17, 15) is 4.79 Å². The Bertz CT molecular complexity index is 815. The number of nitrogens with zero attached hydrogens (tertiary/aromatic N) is 3. The average Bonchev–Trinajstić information content (AvgIpc) is 3.09. The van der Waals surface area contributed by atoms with Crippen LogP contribution in [0.2, 0.25) is 0 Å². The number of urea groups is 1. The van der Waals surface area contributed by atoms with Gasteiger partial charge in [0.2, 0.25) is 0 Å². The monoisotopic (exact) mass is 310 g/mol. The number of aromatic nitrogens is 4. The van der Waals surface area contributed by atoms with Crippen molar-refractivity contribution in [1.82, 2.24) is 25.5 Å². The highest BCUT2D eigenvalue weighted by Crippen LogP contribution is 2.23. The lowest BCUT2D eigenvalue weighted by Crippen LogP contribution is -2.31. The molecule has 0 radical (unpaired) electrons. The third kappa shape index (κ3) is 3.28. The quantitative estimate of drug-likeness (QED) is 0.690. The lowest BCUT2D eigenvalue weighted by Gasteiger charge is -2.14. The summed E-state index contributed by atoms with van der Waals surface area (Å²) in [6, 6.07) is 9.08. The van der Waals surface area contributed by atoms with Crippen LogP contribution in [0.3, 0.4) is 0 Å². The van der Waals surface area contributed by atoms with Crippen LogP contribution in [-0.4, -0.2) is 26.2 Å². The van der Waals surface area contributed by atoms with Gasteiger partial charge in [0, 0.05) is 11.1 Å². The molecule has 0 saturated heterocycles. The largest absolute Gasteiger partial charge is 0.328 e. The molecule has 23 heavy (non-hydrogen) atoms. The van der Waals surface area contributed by atoms with Gasteiger partial charge in [-0.05, 0) is 25.5 Å². The van der Waals surface area contributed by atoms with Crippen molar-refractivity contribution in [2.75, 3.05) is 5.32 Å². The molecule has 1 atom stereocenters. The van der Waals surface area contributed by atoms with E-state index in [1.165, 1.54) is 6.33 Å². The Kier molecular flexibility index (Phi) is 4.18. The van der Waals surface area contributed by atoms with Crippen molar-refractivity contribution in [1.29, 1.82) is 0 Å². The number of anilines is 1. The molecule has 0 bridgehead atoms. The van der Waals surface area contributed by atoms with Gasteiger partial charge >= 0.3 is 6.03 Å². The van der Waals surface area contributed by atoms with Gasteiger partial charge in [-0.15, -0.1) is 0 Å². The van der Waals surface area contributed by atoms with Crippen LogP contribution < -0.4 is 10.6 Å². The highest BCUT2D eigenvalue weighted by molar-refractivity contribution is 6.00. The lowest BCUT2D eigenvalue weighted by molar-refractivity contribution is 0.249. The zero-order chi connectivity index (χ0) is 16.2. The van der Waals surface area contributed by atoms with E-state index in [-0.39, 0.29) is 12.1 Å². The molecule has 0 spiro atoms. The molecular weight excluding hydrogens is 292 g/mol. The molecule has 1 aromatic carbocycles. The minimum Gasteiger partial charge on any atom is -0.328 e. The van der Waals surface area contributed by atoms with Gasteiger partial charge in [0.15, 0.2) is 0 Å². The smallest absolute Gasteiger partial charge is 0.319 e. The molecule has 0 fully saturated rings. The molecule has 3 aromatic rings. The number of fused-ring (bicyclic) bond motifs is 1. The molecule has 0 aliphatic heterocycles. The number of rotatable bonds is 4. The molecule has 1 unspecified atom stereocenters. The molecular formula is C16H18N6O. The van der Waals surface area contributed by atoms with E-state index in [1.54, 1.807) is 0 Å². The molecule has 2 heterocycles. The number of aromatic amines is 1. The molecule has 7 heteroatoms. The Morgan fingerprint density at radius 2 is 2.17 bits per heavy atom. The number of carbonyl (C=O) groups is 1. The summed E-state index contributed by atoms with van der Waals surface area (Å²) < 4.78 is 0. The van der Waals surface area contributed by atoms with Gasteiger partial charge in [-0.1, -0.05) is 25.1 Å². The maximum absolute atomic E-state index is 12.3. The van der Waals surface area contributed by atoms with Gasteiger partial charge < -0.3 is 10.6 Å². The summed E-state index contributed by atoms with van der Waals surface area (Å²) in [7, 11) is 0. The number of hydrogen-bond donors (Lipinski definition) is 3. The Morgan fingerprint density at radius 3 is 2.91 bits per heavy atom. The number of hydrogen-bond acceptors (Lipinski definition) is 4. The SMILES string of the molecule is CCc1cc(NC(=O)NC(C)c2ncn[nH]2)c2ccccc2n1. The highest BCUT2D eigenvalue weighted by Gasteiger charge is 2.13. The molecule has 118 valence electrons. The lowest BCUT2D eigenvalue weighted by atomic mass is 10.1. The molecule has 2 amide bonds. The summed E-state index contributed by atoms with van der Waals surface area (Å²) in [6.07, 6.45) is 2.21. The first-order chi connectivity index (χ1) is 11.2. The van der Waals surface area contributed by atoms with E-state index in [0.29, 0.717) is 5.82 Å². The predicted molar refractivity (Wildman–Crippen MR) is 88.1 cm³/mol. The minimum atomic E-state index is -0.299. The van der Waals surface area contributed by atoms with E-state index < -0.39 is 0 Å². The number of nitrogens with one attached hydrogen (secondary N) is 3. The van der Waals surface area contributed by atoms with Crippen molar-refractivity contribution in [3.05, 3.63) is 48.2 Å². The Balaban J connectivity index is 1.81. The van der Waals surface area contributed by atoms with Gasteiger partial charge in [0.25, 0.3) is 0 Å². The number of carbonyl (C=O) groups excluding carboxylic acids is 1. The van der Waals surface area contributed by atoms with Crippen LogP contribution in [0, 0.1) is 0 Å². The van der Waals surface area contributed by atoms with Crippen LogP contribution in [0.15, 0.2) is 36.7 Å². The average molecular weight is 310 g/mol. The number of benzene rings is 1. The number of aryl methyl sites for hydroxylation is 1. The number of H-pyrrole nitrogens is 1. The fourth-order valence-corrected chi connectivity index (χ4v) is 2.36. The van der Waals surface area contributed by atoms with Crippen LogP contribution in [-0.2, 0) is 6.42 Å². The van der Waals surface area contributed by atoms with Gasteiger partial charge in [-0.2, -0.15) is 5.10 Å². The summed E-state index contributed by atoms with van der Waals surface area (Å²) in [4.78, 5) is 20.9. The second-order valence-electron chi connectivity index (χ2n) is 5.22. The molecule has 7 nitrogen and oxygen atoms in total. The summed E-state index contributed by atoms with van der Waals surface area (Å²) in [6.45, 7) is 3.87. The fourth-order valence-electron chi connectivity index (χ4n) is 2.36. The summed E-state index contributed by atoms with van der Waals surface area (Å²) in [5, 5.41) is 13.2. The predicted octanol–water partition coefficient (Wildman–Crippen LogP) is 2.80. The van der Waals surface area contributed by atoms with E-state index in [4.69, 9.17) is 0 Å².